The molecule has 0 unspecified atom stereocenters. The second-order valence-electron chi connectivity index (χ2n) is 9.50. The van der Waals surface area contributed by atoms with Gasteiger partial charge in [0.1, 0.15) is 0 Å². The first-order valence-electron chi connectivity index (χ1n) is 10.8. The van der Waals surface area contributed by atoms with Crippen molar-refractivity contribution in [3.8, 4) is 0 Å². The summed E-state index contributed by atoms with van der Waals surface area (Å²) < 4.78 is 0. The third kappa shape index (κ3) is 3.31. The maximum absolute atomic E-state index is 13.0. The highest BCUT2D eigenvalue weighted by atomic mass is 16.2. The number of hydrogen-bond donors (Lipinski definition) is 1. The Hall–Kier alpha value is -1.35. The molecule has 5 fully saturated rings. The number of nitrogens with zero attached hydrogens (tertiary/aromatic N) is 1. The maximum Gasteiger partial charge on any atom is 0.223 e. The third-order valence-electron chi connectivity index (χ3n) is 7.71. The average Bonchev–Trinajstić information content (AvgIpc) is 2.63. The zero-order chi connectivity index (χ0) is 17.5. The Kier molecular flexibility index (Phi) is 4.52. The molecule has 3 heteroatoms. The number of carbonyl (C=O) groups is 1. The van der Waals surface area contributed by atoms with Crippen molar-refractivity contribution < 1.29 is 4.79 Å². The van der Waals surface area contributed by atoms with E-state index in [1.165, 1.54) is 37.7 Å². The van der Waals surface area contributed by atoms with Gasteiger partial charge in [0.25, 0.3) is 0 Å². The fourth-order valence-electron chi connectivity index (χ4n) is 6.73. The number of rotatable bonds is 4. The summed E-state index contributed by atoms with van der Waals surface area (Å²) in [6.07, 6.45) is 9.00. The van der Waals surface area contributed by atoms with Gasteiger partial charge in [-0.1, -0.05) is 30.3 Å². The fraction of sp³-hybridized carbons (Fsp3) is 0.696. The molecule has 6 rings (SSSR count). The molecule has 1 aliphatic heterocycles. The van der Waals surface area contributed by atoms with E-state index in [4.69, 9.17) is 0 Å². The van der Waals surface area contributed by atoms with Gasteiger partial charge in [-0.3, -0.25) is 9.69 Å². The lowest BCUT2D eigenvalue weighted by atomic mass is 9.51. The molecule has 0 aromatic heterocycles. The number of hydrogen-bond acceptors (Lipinski definition) is 2. The van der Waals surface area contributed by atoms with E-state index < -0.39 is 0 Å². The number of carbonyl (C=O) groups excluding carboxylic acids is 1. The number of benzene rings is 1. The van der Waals surface area contributed by atoms with Crippen molar-refractivity contribution in [3.63, 3.8) is 0 Å². The Morgan fingerprint density at radius 1 is 0.923 bits per heavy atom. The molecule has 4 aliphatic carbocycles. The summed E-state index contributed by atoms with van der Waals surface area (Å²) >= 11 is 0. The number of amides is 1. The molecule has 0 radical (unpaired) electrons. The van der Waals surface area contributed by atoms with Crippen molar-refractivity contribution in [1.82, 2.24) is 10.2 Å². The van der Waals surface area contributed by atoms with Crippen molar-refractivity contribution in [2.45, 2.75) is 57.5 Å². The van der Waals surface area contributed by atoms with E-state index >= 15 is 0 Å². The van der Waals surface area contributed by atoms with Gasteiger partial charge in [-0.05, 0) is 74.2 Å². The summed E-state index contributed by atoms with van der Waals surface area (Å²) in [5.41, 5.74) is 1.39. The van der Waals surface area contributed by atoms with Gasteiger partial charge in [-0.25, -0.2) is 0 Å². The van der Waals surface area contributed by atoms with Gasteiger partial charge in [0.15, 0.2) is 0 Å². The lowest BCUT2D eigenvalue weighted by molar-refractivity contribution is -0.139. The monoisotopic (exact) mass is 352 g/mol. The molecule has 5 aliphatic rings. The summed E-state index contributed by atoms with van der Waals surface area (Å²) in [5, 5.41) is 3.47. The third-order valence-corrected chi connectivity index (χ3v) is 7.71. The van der Waals surface area contributed by atoms with Crippen LogP contribution in [0.5, 0.6) is 0 Å². The smallest absolute Gasteiger partial charge is 0.223 e. The average molecular weight is 353 g/mol. The molecular weight excluding hydrogens is 320 g/mol. The Labute approximate surface area is 157 Å². The summed E-state index contributed by atoms with van der Waals surface area (Å²) in [4.78, 5) is 15.6. The highest BCUT2D eigenvalue weighted by Crippen LogP contribution is 2.56. The van der Waals surface area contributed by atoms with Crippen molar-refractivity contribution >= 4 is 5.91 Å². The standard InChI is InChI=1S/C23H32N2O/c26-23(22-19-11-17-10-18(13-19)14-20(22)12-17)24-21-6-8-25(9-7-21)15-16-4-2-1-3-5-16/h1-5,17-22H,6-15H2,(H,24,26). The first-order valence-corrected chi connectivity index (χ1v) is 10.8. The molecule has 1 heterocycles. The second-order valence-corrected chi connectivity index (χ2v) is 9.50. The van der Waals surface area contributed by atoms with Crippen LogP contribution in [0.15, 0.2) is 30.3 Å². The molecule has 140 valence electrons. The second kappa shape index (κ2) is 6.99. The van der Waals surface area contributed by atoms with Gasteiger partial charge in [-0.15, -0.1) is 0 Å². The first-order chi connectivity index (χ1) is 12.7. The highest BCUT2D eigenvalue weighted by Gasteiger charge is 2.50. The van der Waals surface area contributed by atoms with Gasteiger partial charge >= 0.3 is 0 Å². The number of piperidine rings is 1. The Morgan fingerprint density at radius 3 is 2.15 bits per heavy atom. The Balaban J connectivity index is 1.13. The quantitative estimate of drug-likeness (QED) is 0.893. The van der Waals surface area contributed by atoms with Crippen LogP contribution in [0, 0.1) is 29.6 Å². The zero-order valence-corrected chi connectivity index (χ0v) is 15.8. The molecule has 1 amide bonds. The van der Waals surface area contributed by atoms with Gasteiger partial charge < -0.3 is 5.32 Å². The van der Waals surface area contributed by atoms with Crippen LogP contribution in [0.25, 0.3) is 0 Å². The van der Waals surface area contributed by atoms with E-state index in [1.807, 2.05) is 0 Å². The minimum absolute atomic E-state index is 0.338. The van der Waals surface area contributed by atoms with Crippen LogP contribution >= 0.6 is 0 Å². The molecular formula is C23H32N2O. The summed E-state index contributed by atoms with van der Waals surface area (Å²) in [6, 6.07) is 11.1. The molecule has 1 aromatic carbocycles. The number of likely N-dealkylation sites (tertiary alicyclic amines) is 1. The minimum atomic E-state index is 0.338. The molecule has 0 spiro atoms. The van der Waals surface area contributed by atoms with Crippen LogP contribution in [0.3, 0.4) is 0 Å². The van der Waals surface area contributed by atoms with Gasteiger partial charge in [0, 0.05) is 31.6 Å². The van der Waals surface area contributed by atoms with E-state index in [9.17, 15) is 4.79 Å². The maximum atomic E-state index is 13.0. The fourth-order valence-corrected chi connectivity index (χ4v) is 6.73. The van der Waals surface area contributed by atoms with Gasteiger partial charge in [0.2, 0.25) is 5.91 Å². The minimum Gasteiger partial charge on any atom is -0.353 e. The van der Waals surface area contributed by atoms with Crippen LogP contribution in [0.1, 0.15) is 50.5 Å². The van der Waals surface area contributed by atoms with Crippen LogP contribution in [-0.2, 0) is 11.3 Å². The van der Waals surface area contributed by atoms with Crippen LogP contribution in [0.4, 0.5) is 0 Å². The SMILES string of the molecule is O=C(NC1CCN(Cc2ccccc2)CC1)C1C2CC3CC(C2)CC1C3. The van der Waals surface area contributed by atoms with E-state index in [0.717, 1.165) is 44.3 Å². The molecule has 4 bridgehead atoms. The molecule has 3 nitrogen and oxygen atoms in total. The first kappa shape index (κ1) is 16.8. The topological polar surface area (TPSA) is 32.3 Å². The van der Waals surface area contributed by atoms with Gasteiger partial charge in [0.05, 0.1) is 0 Å². The van der Waals surface area contributed by atoms with Crippen molar-refractivity contribution in [3.05, 3.63) is 35.9 Å². The zero-order valence-electron chi connectivity index (χ0n) is 15.8. The van der Waals surface area contributed by atoms with Crippen molar-refractivity contribution in [1.29, 1.82) is 0 Å². The summed E-state index contributed by atoms with van der Waals surface area (Å²) in [6.45, 7) is 3.24. The molecule has 26 heavy (non-hydrogen) atoms. The normalized spacial score (nSPS) is 37.0. The van der Waals surface area contributed by atoms with E-state index in [0.29, 0.717) is 29.7 Å². The summed E-state index contributed by atoms with van der Waals surface area (Å²) in [5.74, 6) is 4.03. The molecule has 4 saturated carbocycles. The molecule has 1 N–H and O–H groups in total. The van der Waals surface area contributed by atoms with E-state index in [-0.39, 0.29) is 0 Å². The predicted molar refractivity (Wildman–Crippen MR) is 103 cm³/mol. The van der Waals surface area contributed by atoms with Gasteiger partial charge in [-0.2, -0.15) is 0 Å². The predicted octanol–water partition coefficient (Wildman–Crippen LogP) is 3.84. The van der Waals surface area contributed by atoms with Crippen LogP contribution in [0.2, 0.25) is 0 Å². The summed E-state index contributed by atoms with van der Waals surface area (Å²) in [7, 11) is 0. The lowest BCUT2D eigenvalue weighted by Crippen LogP contribution is -2.53. The van der Waals surface area contributed by atoms with E-state index in [1.54, 1.807) is 0 Å². The molecule has 0 atom stereocenters. The lowest BCUT2D eigenvalue weighted by Gasteiger charge is -2.53. The highest BCUT2D eigenvalue weighted by molar-refractivity contribution is 5.80. The van der Waals surface area contributed by atoms with Crippen LogP contribution in [-0.4, -0.2) is 29.9 Å². The Morgan fingerprint density at radius 2 is 1.54 bits per heavy atom. The van der Waals surface area contributed by atoms with Crippen molar-refractivity contribution in [2.75, 3.05) is 13.1 Å². The van der Waals surface area contributed by atoms with Crippen LogP contribution < -0.4 is 5.32 Å². The molecule has 1 saturated heterocycles. The van der Waals surface area contributed by atoms with E-state index in [2.05, 4.69) is 40.5 Å². The van der Waals surface area contributed by atoms with Crippen molar-refractivity contribution in [2.24, 2.45) is 29.6 Å². The molecule has 1 aromatic rings. The Bertz CT molecular complexity index is 607. The number of nitrogens with one attached hydrogen (secondary N) is 1. The largest absolute Gasteiger partial charge is 0.353 e.